The van der Waals surface area contributed by atoms with Crippen LogP contribution in [0.2, 0.25) is 2.82 Å². The van der Waals surface area contributed by atoms with Crippen LogP contribution in [-0.2, 0) is 4.79 Å². The molecule has 0 spiro atoms. The van der Waals surface area contributed by atoms with Crippen LogP contribution in [0, 0.1) is 0 Å². The lowest BCUT2D eigenvalue weighted by Gasteiger charge is -2.10. The van der Waals surface area contributed by atoms with Gasteiger partial charge in [0.15, 0.2) is 2.82 Å². The highest BCUT2D eigenvalue weighted by atomic mass is 16.2. The lowest BCUT2D eigenvalue weighted by molar-refractivity contribution is -0.120. The van der Waals surface area contributed by atoms with Gasteiger partial charge in [-0.1, -0.05) is 0 Å². The fourth-order valence-corrected chi connectivity index (χ4v) is 0.337. The second-order valence-electron chi connectivity index (χ2n) is 1.19. The van der Waals surface area contributed by atoms with E-state index in [2.05, 4.69) is 0 Å². The predicted octanol–water partition coefficient (Wildman–Crippen LogP) is -0.784. The van der Waals surface area contributed by atoms with E-state index in [1.54, 1.807) is 0 Å². The third-order valence-electron chi connectivity index (χ3n) is 0.642. The molecule has 1 saturated heterocycles. The maximum atomic E-state index is 10.8. The first-order chi connectivity index (χ1) is 5.36. The van der Waals surface area contributed by atoms with Crippen LogP contribution in [0.5, 0.6) is 0 Å². The quantitative estimate of drug-likeness (QED) is 0.438. The molecule has 0 unspecified atom stereocenters. The first-order valence-electron chi connectivity index (χ1n) is 3.89. The summed E-state index contributed by atoms with van der Waals surface area (Å²) in [6.07, 6.45) is -2.32. The minimum absolute atomic E-state index is 0.142. The third kappa shape index (κ3) is 0.959. The molecule has 0 bridgehead atoms. The van der Waals surface area contributed by atoms with Gasteiger partial charge in [-0.2, -0.15) is 0 Å². The average Bonchev–Trinajstić information content (AvgIpc) is 1.97. The van der Waals surface area contributed by atoms with E-state index in [4.69, 9.17) is 5.57 Å². The molecule has 1 rings (SSSR count). The highest BCUT2D eigenvalue weighted by Crippen LogP contribution is 1.82. The van der Waals surface area contributed by atoms with Crippen LogP contribution in [0.25, 0.3) is 0 Å². The molecule has 0 aromatic rings. The van der Waals surface area contributed by atoms with Crippen molar-refractivity contribution in [2.45, 2.75) is 6.37 Å². The molecule has 0 aliphatic carbocycles. The number of hydrogen-bond donors (Lipinski definition) is 2. The predicted molar refractivity (Wildman–Crippen MR) is 26.2 cm³/mol. The highest BCUT2D eigenvalue weighted by Gasteiger charge is 2.11. The lowest BCUT2D eigenvalue weighted by atomic mass is 10.3. The fraction of sp³-hybridized carbons (Fsp3) is 0.500. The van der Waals surface area contributed by atoms with Gasteiger partial charge < -0.3 is 5.31 Å². The molecular weight excluding hydrogens is 108 g/mol. The maximum Gasteiger partial charge on any atom is 0.321 e. The zero-order valence-corrected chi connectivity index (χ0v) is 3.92. The van der Waals surface area contributed by atoms with Gasteiger partial charge in [0.05, 0.1) is 0 Å². The van der Waals surface area contributed by atoms with Gasteiger partial charge in [-0.15, -0.1) is 0 Å². The van der Waals surface area contributed by atoms with Crippen molar-refractivity contribution in [1.82, 2.24) is 10.6 Å². The number of nitrogens with one attached hydrogen (secondary N) is 2. The Morgan fingerprint density at radius 1 is 1.75 bits per heavy atom. The molecule has 4 heteroatoms. The molecule has 0 saturated carbocycles. The normalized spacial score (nSPS) is 35.5. The van der Waals surface area contributed by atoms with Crippen LogP contribution in [0.15, 0.2) is 0 Å². The van der Waals surface area contributed by atoms with E-state index in [0.29, 0.717) is 0 Å². The second-order valence-corrected chi connectivity index (χ2v) is 1.19. The Morgan fingerprint density at radius 3 is 3.25 bits per heavy atom. The van der Waals surface area contributed by atoms with Crippen molar-refractivity contribution >= 4 is 11.9 Å². The van der Waals surface area contributed by atoms with Gasteiger partial charge in [0.2, 0.25) is 5.91 Å². The Labute approximate surface area is 52.0 Å². The SMILES string of the molecule is [2H]N1CC([2H])([2H])C(=O)N([2H])C1=O. The van der Waals surface area contributed by atoms with E-state index in [1.807, 2.05) is 0 Å². The molecule has 0 aromatic carbocycles. The maximum absolute atomic E-state index is 10.8. The summed E-state index contributed by atoms with van der Waals surface area (Å²) in [5.41, 5.74) is 0. The van der Waals surface area contributed by atoms with E-state index in [0.717, 1.165) is 0 Å². The molecule has 1 heterocycles. The van der Waals surface area contributed by atoms with E-state index < -0.39 is 24.9 Å². The molecule has 0 aromatic heterocycles. The van der Waals surface area contributed by atoms with E-state index >= 15 is 0 Å². The van der Waals surface area contributed by atoms with Crippen LogP contribution in [0.1, 0.15) is 9.11 Å². The molecule has 3 amide bonds. The smallest absolute Gasteiger partial charge is 0.321 e. The molecule has 44 valence electrons. The minimum Gasteiger partial charge on any atom is -0.337 e. The molecule has 0 radical (unpaired) electrons. The van der Waals surface area contributed by atoms with Crippen molar-refractivity contribution in [3.8, 4) is 0 Å². The summed E-state index contributed by atoms with van der Waals surface area (Å²) in [4.78, 5) is 21.5. The number of amides is 3. The number of imide groups is 1. The number of carbonyl (C=O) groups excluding carboxylic acids is 2. The monoisotopic (exact) mass is 118 g/mol. The molecule has 2 N–H and O–H groups in total. The number of urea groups is 1. The van der Waals surface area contributed by atoms with E-state index in [9.17, 15) is 9.59 Å². The largest absolute Gasteiger partial charge is 0.337 e. The van der Waals surface area contributed by atoms with Gasteiger partial charge in [0.1, 0.15) is 0 Å². The Morgan fingerprint density at radius 2 is 2.50 bits per heavy atom. The Bertz CT molecular complexity index is 243. The average molecular weight is 118 g/mol. The van der Waals surface area contributed by atoms with Crippen LogP contribution in [0.4, 0.5) is 4.79 Å². The molecule has 1 aliphatic heterocycles. The summed E-state index contributed by atoms with van der Waals surface area (Å²) < 4.78 is 27.7. The summed E-state index contributed by atoms with van der Waals surface area (Å²) in [6.45, 7) is -0.625. The van der Waals surface area contributed by atoms with Crippen LogP contribution >= 0.6 is 0 Å². The van der Waals surface area contributed by atoms with Crippen molar-refractivity contribution < 1.29 is 15.2 Å². The fourth-order valence-electron chi connectivity index (χ4n) is 0.337. The molecule has 8 heavy (non-hydrogen) atoms. The van der Waals surface area contributed by atoms with Crippen LogP contribution in [0.3, 0.4) is 0 Å². The number of rotatable bonds is 0. The summed E-state index contributed by atoms with van der Waals surface area (Å²) in [5, 5.41) is 0.102. The second kappa shape index (κ2) is 1.81. The molecule has 0 atom stereocenters. The van der Waals surface area contributed by atoms with Crippen molar-refractivity contribution in [3.63, 3.8) is 0 Å². The van der Waals surface area contributed by atoms with Crippen molar-refractivity contribution in [1.29, 1.82) is 0 Å². The van der Waals surface area contributed by atoms with Crippen LogP contribution in [-0.4, -0.2) is 18.5 Å². The molecule has 1 aliphatic rings. The van der Waals surface area contributed by atoms with Crippen LogP contribution < -0.4 is 10.6 Å². The first-order valence-corrected chi connectivity index (χ1v) is 2.00. The molecule has 1 fully saturated rings. The first kappa shape index (κ1) is 2.05. The topological polar surface area (TPSA) is 58.2 Å². The molecule has 4 nitrogen and oxygen atoms in total. The number of carbonyl (C=O) groups is 2. The summed E-state index contributed by atoms with van der Waals surface area (Å²) in [7, 11) is 0. The summed E-state index contributed by atoms with van der Waals surface area (Å²) >= 11 is 0. The van der Waals surface area contributed by atoms with Crippen molar-refractivity contribution in [2.75, 3.05) is 6.54 Å². The number of hydrogen-bond acceptors (Lipinski definition) is 2. The standard InChI is InChI=1S/C4H6N2O2/c7-3-1-2-5-4(8)6-3/h1-2H2,(H2,5,6,7,8)/i1D2/hD2. The Hall–Kier alpha value is -1.06. The summed E-state index contributed by atoms with van der Waals surface area (Å²) in [6, 6.07) is -1.13. The van der Waals surface area contributed by atoms with Gasteiger partial charge >= 0.3 is 6.03 Å². The molecular formula is C4H6N2O2. The third-order valence-corrected chi connectivity index (χ3v) is 0.642. The zero-order valence-electron chi connectivity index (χ0n) is 7.92. The van der Waals surface area contributed by atoms with Crippen molar-refractivity contribution in [3.05, 3.63) is 0 Å². The zero-order chi connectivity index (χ0) is 9.52. The van der Waals surface area contributed by atoms with E-state index in [-0.39, 0.29) is 10.6 Å². The van der Waals surface area contributed by atoms with Gasteiger partial charge in [-0.05, 0) is 0 Å². The van der Waals surface area contributed by atoms with Gasteiger partial charge in [0.25, 0.3) is 0 Å². The van der Waals surface area contributed by atoms with Gasteiger partial charge in [-0.3, -0.25) is 10.1 Å². The Kier molecular flexibility index (Phi) is 0.464. The highest BCUT2D eigenvalue weighted by molar-refractivity contribution is 5.96. The van der Waals surface area contributed by atoms with Crippen molar-refractivity contribution in [2.24, 2.45) is 0 Å². The van der Waals surface area contributed by atoms with E-state index in [1.165, 1.54) is 0 Å². The minimum atomic E-state index is -2.32. The van der Waals surface area contributed by atoms with Gasteiger partial charge in [0, 0.05) is 15.7 Å². The van der Waals surface area contributed by atoms with Gasteiger partial charge in [-0.25, -0.2) is 4.79 Å². The summed E-state index contributed by atoms with van der Waals surface area (Å²) in [5.74, 6) is -1.23. The Balaban J connectivity index is 2.93. The lowest BCUT2D eigenvalue weighted by Crippen LogP contribution is -2.46.